The Kier molecular flexibility index (Phi) is 3.68. The second-order valence-electron chi connectivity index (χ2n) is 7.79. The van der Waals surface area contributed by atoms with E-state index in [1.54, 1.807) is 6.20 Å². The minimum absolute atomic E-state index is 0.881. The van der Waals surface area contributed by atoms with Crippen molar-refractivity contribution in [3.63, 3.8) is 0 Å². The molecule has 7 aromatic rings. The van der Waals surface area contributed by atoms with E-state index in [2.05, 4.69) is 64.1 Å². The SMILES string of the molecule is c1cncc(-c2ccc(-n3c4cccnc4c4c5sc6ccccc6c5ccc43)nc2)c1. The number of aromatic nitrogens is 4. The molecule has 2 aromatic carbocycles. The van der Waals surface area contributed by atoms with E-state index in [-0.39, 0.29) is 0 Å². The van der Waals surface area contributed by atoms with Crippen LogP contribution < -0.4 is 0 Å². The first-order valence-electron chi connectivity index (χ1n) is 10.4. The summed E-state index contributed by atoms with van der Waals surface area (Å²) in [5, 5.41) is 3.77. The minimum Gasteiger partial charge on any atom is -0.292 e. The summed E-state index contributed by atoms with van der Waals surface area (Å²) >= 11 is 1.83. The number of hydrogen-bond donors (Lipinski definition) is 0. The fourth-order valence-electron chi connectivity index (χ4n) is 4.56. The smallest absolute Gasteiger partial charge is 0.137 e. The first-order chi connectivity index (χ1) is 15.9. The van der Waals surface area contributed by atoms with Crippen molar-refractivity contribution in [2.24, 2.45) is 0 Å². The number of nitrogens with zero attached hydrogens (tertiary/aromatic N) is 4. The molecule has 0 spiro atoms. The average molecular weight is 429 g/mol. The summed E-state index contributed by atoms with van der Waals surface area (Å²) in [5.41, 5.74) is 5.31. The molecule has 0 N–H and O–H groups in total. The van der Waals surface area contributed by atoms with Crippen molar-refractivity contribution < 1.29 is 0 Å². The maximum Gasteiger partial charge on any atom is 0.137 e. The Labute approximate surface area is 187 Å². The summed E-state index contributed by atoms with van der Waals surface area (Å²) in [6.45, 7) is 0. The Morgan fingerprint density at radius 2 is 1.56 bits per heavy atom. The summed E-state index contributed by atoms with van der Waals surface area (Å²) in [7, 11) is 0. The highest BCUT2D eigenvalue weighted by molar-refractivity contribution is 7.26. The van der Waals surface area contributed by atoms with Crippen molar-refractivity contribution in [2.45, 2.75) is 0 Å². The second-order valence-corrected chi connectivity index (χ2v) is 8.84. The predicted octanol–water partition coefficient (Wildman–Crippen LogP) is 7.00. The lowest BCUT2D eigenvalue weighted by molar-refractivity contribution is 1.08. The first-order valence-corrected chi connectivity index (χ1v) is 11.3. The molecule has 5 heterocycles. The van der Waals surface area contributed by atoms with Crippen molar-refractivity contribution in [3.8, 4) is 16.9 Å². The molecule has 0 unspecified atom stereocenters. The molecule has 0 amide bonds. The van der Waals surface area contributed by atoms with E-state index in [9.17, 15) is 0 Å². The van der Waals surface area contributed by atoms with E-state index in [0.29, 0.717) is 0 Å². The van der Waals surface area contributed by atoms with Crippen LogP contribution in [0.25, 0.3) is 59.1 Å². The number of pyridine rings is 3. The van der Waals surface area contributed by atoms with E-state index < -0.39 is 0 Å². The highest BCUT2D eigenvalue weighted by atomic mass is 32.1. The molecule has 0 fully saturated rings. The number of hydrogen-bond acceptors (Lipinski definition) is 4. The van der Waals surface area contributed by atoms with E-state index >= 15 is 0 Å². The molecule has 0 aliphatic rings. The van der Waals surface area contributed by atoms with Gasteiger partial charge in [-0.1, -0.05) is 30.3 Å². The van der Waals surface area contributed by atoms with Gasteiger partial charge in [0.05, 0.1) is 16.6 Å². The fraction of sp³-hybridized carbons (Fsp3) is 0. The van der Waals surface area contributed by atoms with Crippen molar-refractivity contribution in [1.29, 1.82) is 0 Å². The number of rotatable bonds is 2. The largest absolute Gasteiger partial charge is 0.292 e. The summed E-state index contributed by atoms with van der Waals surface area (Å²) < 4.78 is 4.79. The third-order valence-corrected chi connectivity index (χ3v) is 7.21. The van der Waals surface area contributed by atoms with Crippen molar-refractivity contribution in [2.75, 3.05) is 0 Å². The summed E-state index contributed by atoms with van der Waals surface area (Å²) in [6, 6.07) is 25.3. The topological polar surface area (TPSA) is 43.6 Å². The van der Waals surface area contributed by atoms with Gasteiger partial charge in [-0.3, -0.25) is 14.5 Å². The maximum absolute atomic E-state index is 4.83. The Morgan fingerprint density at radius 3 is 2.44 bits per heavy atom. The van der Waals surface area contributed by atoms with Crippen LogP contribution in [0.15, 0.2) is 97.6 Å². The molecule has 0 saturated carbocycles. The average Bonchev–Trinajstić information content (AvgIpc) is 3.40. The standard InChI is InChI=1S/C27H16N4S/c1-2-8-23-19(6-1)20-10-11-21-25(27(20)32-23)26-22(7-4-14-29-26)31(21)24-12-9-18(16-30-24)17-5-3-13-28-15-17/h1-16H. The second kappa shape index (κ2) is 6.70. The zero-order valence-corrected chi connectivity index (χ0v) is 17.8. The van der Waals surface area contributed by atoms with Crippen LogP contribution in [0.1, 0.15) is 0 Å². The van der Waals surface area contributed by atoms with E-state index in [0.717, 1.165) is 33.5 Å². The molecule has 0 radical (unpaired) electrons. The van der Waals surface area contributed by atoms with Crippen LogP contribution >= 0.6 is 11.3 Å². The molecule has 0 saturated heterocycles. The zero-order valence-electron chi connectivity index (χ0n) is 16.9. The molecule has 7 rings (SSSR count). The third kappa shape index (κ3) is 2.46. The molecule has 0 atom stereocenters. The van der Waals surface area contributed by atoms with Crippen LogP contribution in [-0.2, 0) is 0 Å². The normalized spacial score (nSPS) is 11.8. The summed E-state index contributed by atoms with van der Waals surface area (Å²) in [6.07, 6.45) is 7.43. The third-order valence-electron chi connectivity index (χ3n) is 6.00. The van der Waals surface area contributed by atoms with Gasteiger partial charge in [0.1, 0.15) is 5.82 Å². The Morgan fingerprint density at radius 1 is 0.656 bits per heavy atom. The van der Waals surface area contributed by atoms with E-state index in [4.69, 9.17) is 9.97 Å². The fourth-order valence-corrected chi connectivity index (χ4v) is 5.81. The zero-order chi connectivity index (χ0) is 21.1. The van der Waals surface area contributed by atoms with E-state index in [1.165, 1.54) is 25.6 Å². The van der Waals surface area contributed by atoms with Gasteiger partial charge in [-0.15, -0.1) is 11.3 Å². The number of fused-ring (bicyclic) bond motifs is 7. The molecule has 0 aliphatic carbocycles. The highest BCUT2D eigenvalue weighted by Crippen LogP contribution is 2.42. The van der Waals surface area contributed by atoms with Crippen LogP contribution in [-0.4, -0.2) is 19.5 Å². The van der Waals surface area contributed by atoms with Gasteiger partial charge >= 0.3 is 0 Å². The lowest BCUT2D eigenvalue weighted by Crippen LogP contribution is -1.97. The predicted molar refractivity (Wildman–Crippen MR) is 132 cm³/mol. The van der Waals surface area contributed by atoms with Crippen LogP contribution in [0, 0.1) is 0 Å². The number of thiophene rings is 1. The van der Waals surface area contributed by atoms with Crippen LogP contribution in [0.5, 0.6) is 0 Å². The quantitative estimate of drug-likeness (QED) is 0.298. The van der Waals surface area contributed by atoms with Gasteiger partial charge in [-0.05, 0) is 42.5 Å². The highest BCUT2D eigenvalue weighted by Gasteiger charge is 2.18. The minimum atomic E-state index is 0.881. The van der Waals surface area contributed by atoms with Gasteiger partial charge in [0.15, 0.2) is 0 Å². The lowest BCUT2D eigenvalue weighted by atomic mass is 10.1. The Balaban J connectivity index is 1.53. The van der Waals surface area contributed by atoms with Gasteiger partial charge in [0, 0.05) is 61.5 Å². The van der Waals surface area contributed by atoms with Crippen LogP contribution in [0.4, 0.5) is 0 Å². The molecule has 150 valence electrons. The maximum atomic E-state index is 4.83. The van der Waals surface area contributed by atoms with Gasteiger partial charge in [0.2, 0.25) is 0 Å². The van der Waals surface area contributed by atoms with Gasteiger partial charge in [-0.25, -0.2) is 4.98 Å². The van der Waals surface area contributed by atoms with Crippen LogP contribution in [0.3, 0.4) is 0 Å². The van der Waals surface area contributed by atoms with Gasteiger partial charge in [0.25, 0.3) is 0 Å². The Bertz CT molecular complexity index is 1760. The summed E-state index contributed by atoms with van der Waals surface area (Å²) in [4.78, 5) is 13.8. The molecule has 0 bridgehead atoms. The van der Waals surface area contributed by atoms with Crippen molar-refractivity contribution >= 4 is 53.4 Å². The monoisotopic (exact) mass is 428 g/mol. The van der Waals surface area contributed by atoms with Crippen molar-refractivity contribution in [3.05, 3.63) is 97.6 Å². The van der Waals surface area contributed by atoms with Crippen molar-refractivity contribution in [1.82, 2.24) is 19.5 Å². The molecule has 0 aliphatic heterocycles. The van der Waals surface area contributed by atoms with E-state index in [1.807, 2.05) is 48.1 Å². The lowest BCUT2D eigenvalue weighted by Gasteiger charge is -2.08. The summed E-state index contributed by atoms with van der Waals surface area (Å²) in [5.74, 6) is 0.881. The van der Waals surface area contributed by atoms with Gasteiger partial charge < -0.3 is 0 Å². The molecular formula is C27H16N4S. The number of benzene rings is 2. The Hall–Kier alpha value is -4.09. The first kappa shape index (κ1) is 17.6. The molecular weight excluding hydrogens is 412 g/mol. The molecule has 32 heavy (non-hydrogen) atoms. The molecule has 4 nitrogen and oxygen atoms in total. The van der Waals surface area contributed by atoms with Gasteiger partial charge in [-0.2, -0.15) is 0 Å². The molecule has 5 aromatic heterocycles. The molecule has 5 heteroatoms. The van der Waals surface area contributed by atoms with Crippen LogP contribution in [0.2, 0.25) is 0 Å².